The molecule has 0 aliphatic heterocycles. The van der Waals surface area contributed by atoms with E-state index in [1.165, 1.54) is 27.8 Å². The number of rotatable bonds is 8. The van der Waals surface area contributed by atoms with Crippen LogP contribution in [0.3, 0.4) is 0 Å². The molecule has 2 nitrogen and oxygen atoms in total. The highest BCUT2D eigenvalue weighted by molar-refractivity contribution is 5.98. The molecule has 0 saturated heterocycles. The zero-order valence-electron chi connectivity index (χ0n) is 17.1. The van der Waals surface area contributed by atoms with Crippen molar-refractivity contribution in [2.45, 2.75) is 13.3 Å². The maximum absolute atomic E-state index is 5.87. The van der Waals surface area contributed by atoms with Crippen LogP contribution >= 0.6 is 0 Å². The van der Waals surface area contributed by atoms with E-state index in [0.29, 0.717) is 6.61 Å². The van der Waals surface area contributed by atoms with Gasteiger partial charge in [-0.2, -0.15) is 0 Å². The summed E-state index contributed by atoms with van der Waals surface area (Å²) in [5.41, 5.74) is 6.37. The van der Waals surface area contributed by atoms with Crippen LogP contribution in [0.25, 0.3) is 11.1 Å². The first kappa shape index (κ1) is 19.9. The monoisotopic (exact) mass is 374 g/mol. The van der Waals surface area contributed by atoms with E-state index in [1.54, 1.807) is 0 Å². The molecule has 0 N–H and O–H groups in total. The van der Waals surface area contributed by atoms with Crippen molar-refractivity contribution in [1.82, 2.24) is 4.90 Å². The Morgan fingerprint density at radius 2 is 1.25 bits per heavy atom. The summed E-state index contributed by atoms with van der Waals surface area (Å²) in [5, 5.41) is 0. The fourth-order valence-electron chi connectivity index (χ4n) is 3.35. The molecule has 28 heavy (non-hydrogen) atoms. The lowest BCUT2D eigenvalue weighted by Crippen LogP contribution is -2.19. The maximum Gasteiger partial charge on any atom is 0.119 e. The Bertz CT molecular complexity index is 881. The highest BCUT2D eigenvalue weighted by atomic mass is 16.5. The molecule has 3 aromatic carbocycles. The lowest BCUT2D eigenvalue weighted by atomic mass is 9.88. The van der Waals surface area contributed by atoms with Crippen molar-refractivity contribution in [2.75, 3.05) is 27.2 Å². The van der Waals surface area contributed by atoms with E-state index in [9.17, 15) is 0 Å². The van der Waals surface area contributed by atoms with Crippen LogP contribution in [0, 0.1) is 0 Å². The molecule has 0 aliphatic carbocycles. The molecule has 0 aromatic heterocycles. The number of likely N-dealkylation sites (N-methyl/N-ethyl adjacent to an activating group) is 1. The van der Waals surface area contributed by atoms with Crippen molar-refractivity contribution in [3.05, 3.63) is 102 Å². The van der Waals surface area contributed by atoms with Gasteiger partial charge in [-0.3, -0.25) is 0 Å². The Hall–Kier alpha value is -2.84. The van der Waals surface area contributed by atoms with Crippen molar-refractivity contribution in [3.63, 3.8) is 0 Å². The lowest BCUT2D eigenvalue weighted by molar-refractivity contribution is 0.261. The molecule has 0 heterocycles. The fourth-order valence-corrected chi connectivity index (χ4v) is 3.35. The second-order valence-corrected chi connectivity index (χ2v) is 7.12. The first-order valence-electron chi connectivity index (χ1n) is 9.91. The van der Waals surface area contributed by atoms with Crippen LogP contribution in [-0.4, -0.2) is 32.1 Å². The van der Waals surface area contributed by atoms with Crippen LogP contribution in [0.15, 0.2) is 84.9 Å². The third-order valence-electron chi connectivity index (χ3n) is 4.79. The van der Waals surface area contributed by atoms with Crippen molar-refractivity contribution in [2.24, 2.45) is 0 Å². The van der Waals surface area contributed by atoms with Crippen LogP contribution in [-0.2, 0) is 0 Å². The van der Waals surface area contributed by atoms with Crippen molar-refractivity contribution < 1.29 is 4.74 Å². The smallest absolute Gasteiger partial charge is 0.119 e. The van der Waals surface area contributed by atoms with Gasteiger partial charge in [0.05, 0.1) is 0 Å². The largest absolute Gasteiger partial charge is 0.492 e. The Kier molecular flexibility index (Phi) is 7.05. The Balaban J connectivity index is 2.00. The summed E-state index contributed by atoms with van der Waals surface area (Å²) in [4.78, 5) is 2.12. The number of benzene rings is 3. The van der Waals surface area contributed by atoms with Crippen LogP contribution in [0.2, 0.25) is 0 Å². The Labute approximate surface area is 169 Å². The summed E-state index contributed by atoms with van der Waals surface area (Å²) in [6.45, 7) is 3.83. The van der Waals surface area contributed by atoms with E-state index < -0.39 is 0 Å². The summed E-state index contributed by atoms with van der Waals surface area (Å²) >= 11 is 0. The number of ether oxygens (including phenoxy) is 1. The lowest BCUT2D eigenvalue weighted by Gasteiger charge is -2.17. The van der Waals surface area contributed by atoms with Gasteiger partial charge >= 0.3 is 0 Å². The average molecular weight is 375 g/mol. The van der Waals surface area contributed by atoms with Crippen LogP contribution in [0.4, 0.5) is 0 Å². The van der Waals surface area contributed by atoms with Gasteiger partial charge in [0, 0.05) is 6.54 Å². The Morgan fingerprint density at radius 1 is 0.714 bits per heavy atom. The van der Waals surface area contributed by atoms with E-state index in [-0.39, 0.29) is 0 Å². The fraction of sp³-hybridized carbons (Fsp3) is 0.231. The standard InChI is InChI=1S/C26H29NO/c1-4-25(21-11-7-5-8-12-21)26(22-13-9-6-10-14-22)23-15-17-24(18-16-23)28-20-19-27(2)3/h5-18H,4,19-20H2,1-3H3/b26-25+/i2+1,3+1,27+1. The van der Waals surface area contributed by atoms with E-state index in [0.717, 1.165) is 18.7 Å². The van der Waals surface area contributed by atoms with Gasteiger partial charge in [-0.15, -0.1) is 0 Å². The molecular weight excluding hydrogens is 345 g/mol. The third kappa shape index (κ3) is 5.11. The highest BCUT2D eigenvalue weighted by Gasteiger charge is 2.12. The zero-order chi connectivity index (χ0) is 19.8. The molecule has 0 fully saturated rings. The topological polar surface area (TPSA) is 12.5 Å². The molecule has 0 saturated carbocycles. The molecular formula is C26H29NO. The molecule has 0 atom stereocenters. The van der Waals surface area contributed by atoms with Crippen molar-refractivity contribution in [1.29, 1.82) is 0 Å². The predicted octanol–water partition coefficient (Wildman–Crippen LogP) is 6.00. The minimum atomic E-state index is 0.692. The molecule has 144 valence electrons. The Morgan fingerprint density at radius 3 is 1.79 bits per heavy atom. The SMILES string of the molecule is CC/C(=C(/c1ccccc1)c1ccc(OCC[15N]([13CH3])[13CH3])cc1)c1ccccc1. The van der Waals surface area contributed by atoms with Crippen molar-refractivity contribution in [3.8, 4) is 5.75 Å². The zero-order valence-corrected chi connectivity index (χ0v) is 17.1. The first-order chi connectivity index (χ1) is 13.7. The van der Waals surface area contributed by atoms with Gasteiger partial charge in [0.2, 0.25) is 0 Å². The normalized spacial score (nSPS) is 12.0. The summed E-state index contributed by atoms with van der Waals surface area (Å²) in [7, 11) is 4.11. The second-order valence-electron chi connectivity index (χ2n) is 7.12. The molecule has 0 aliphatic rings. The minimum absolute atomic E-state index is 0.692. The van der Waals surface area contributed by atoms with Gasteiger partial charge in [-0.1, -0.05) is 79.7 Å². The van der Waals surface area contributed by atoms with Gasteiger partial charge < -0.3 is 9.64 Å². The van der Waals surface area contributed by atoms with Crippen molar-refractivity contribution >= 4 is 11.1 Å². The highest BCUT2D eigenvalue weighted by Crippen LogP contribution is 2.34. The molecule has 0 radical (unpaired) electrons. The summed E-state index contributed by atoms with van der Waals surface area (Å²) in [5.74, 6) is 0.913. The molecule has 3 aromatic rings. The minimum Gasteiger partial charge on any atom is -0.492 e. The maximum atomic E-state index is 5.87. The quantitative estimate of drug-likeness (QED) is 0.272. The average Bonchev–Trinajstić information content (AvgIpc) is 2.73. The van der Waals surface area contributed by atoms with E-state index in [1.807, 2.05) is 0 Å². The molecule has 0 spiro atoms. The molecule has 3 rings (SSSR count). The van der Waals surface area contributed by atoms with Gasteiger partial charge in [0.25, 0.3) is 0 Å². The summed E-state index contributed by atoms with van der Waals surface area (Å²) in [6.07, 6.45) is 0.968. The van der Waals surface area contributed by atoms with Crippen LogP contribution < -0.4 is 4.74 Å². The molecule has 0 bridgehead atoms. The summed E-state index contributed by atoms with van der Waals surface area (Å²) in [6, 6.07) is 29.8. The molecule has 2 heteroatoms. The number of hydrogen-bond donors (Lipinski definition) is 0. The number of allylic oxidation sites excluding steroid dienone is 1. The van der Waals surface area contributed by atoms with E-state index in [4.69, 9.17) is 4.74 Å². The second kappa shape index (κ2) is 9.91. The molecule has 0 amide bonds. The van der Waals surface area contributed by atoms with Crippen LogP contribution in [0.1, 0.15) is 30.0 Å². The van der Waals surface area contributed by atoms with Gasteiger partial charge in [-0.25, -0.2) is 0 Å². The van der Waals surface area contributed by atoms with Gasteiger partial charge in [0.1, 0.15) is 12.4 Å². The first-order valence-corrected chi connectivity index (χ1v) is 9.91. The van der Waals surface area contributed by atoms with Crippen LogP contribution in [0.5, 0.6) is 5.75 Å². The summed E-state index contributed by atoms with van der Waals surface area (Å²) < 4.78 is 5.87. The van der Waals surface area contributed by atoms with E-state index >= 15 is 0 Å². The predicted molar refractivity (Wildman–Crippen MR) is 120 cm³/mol. The number of nitrogens with zero attached hydrogens (tertiary/aromatic N) is 1. The van der Waals surface area contributed by atoms with Gasteiger partial charge in [-0.05, 0) is 60.5 Å². The number of hydrogen-bond acceptors (Lipinski definition) is 2. The van der Waals surface area contributed by atoms with Gasteiger partial charge in [0.15, 0.2) is 0 Å². The van der Waals surface area contributed by atoms with E-state index in [2.05, 4.69) is 111 Å². The molecule has 0 unspecified atom stereocenters. The third-order valence-corrected chi connectivity index (χ3v) is 4.79.